The molecule has 7 nitrogen and oxygen atoms in total. The number of likely N-dealkylation sites (tertiary alicyclic amines) is 1. The summed E-state index contributed by atoms with van der Waals surface area (Å²) >= 11 is 0. The summed E-state index contributed by atoms with van der Waals surface area (Å²) in [5, 5.41) is 4.05. The van der Waals surface area contributed by atoms with Crippen LogP contribution in [0.15, 0.2) is 18.5 Å². The largest absolute Gasteiger partial charge is 0.341 e. The molecule has 0 aliphatic carbocycles. The van der Waals surface area contributed by atoms with Gasteiger partial charge in [-0.25, -0.2) is 13.1 Å². The van der Waals surface area contributed by atoms with Gasteiger partial charge in [0.25, 0.3) is 0 Å². The van der Waals surface area contributed by atoms with Crippen LogP contribution in [-0.4, -0.2) is 54.4 Å². The van der Waals surface area contributed by atoms with E-state index in [0.717, 1.165) is 19.1 Å². The quantitative estimate of drug-likeness (QED) is 0.817. The standard InChI is InChI=1S/C12H20N4O3S/c1-20(18,19)14-11-4-2-7-15(10-11)12(17)5-9-16-8-3-6-13-16/h3,6,8,11,14H,2,4-5,7,9-10H2,1H3/t11-/m1/s1. The van der Waals surface area contributed by atoms with E-state index in [2.05, 4.69) is 9.82 Å². The number of carbonyl (C=O) groups is 1. The summed E-state index contributed by atoms with van der Waals surface area (Å²) in [5.74, 6) is 0.0421. The molecule has 1 atom stereocenters. The topological polar surface area (TPSA) is 84.3 Å². The maximum atomic E-state index is 12.1. The lowest BCUT2D eigenvalue weighted by molar-refractivity contribution is -0.132. The van der Waals surface area contributed by atoms with Crippen LogP contribution in [0.25, 0.3) is 0 Å². The molecular formula is C12H20N4O3S. The predicted molar refractivity (Wildman–Crippen MR) is 74.4 cm³/mol. The Morgan fingerprint density at radius 2 is 2.30 bits per heavy atom. The van der Waals surface area contributed by atoms with Crippen LogP contribution >= 0.6 is 0 Å². The first-order chi connectivity index (χ1) is 9.44. The molecular weight excluding hydrogens is 280 g/mol. The van der Waals surface area contributed by atoms with Crippen molar-refractivity contribution in [2.24, 2.45) is 0 Å². The van der Waals surface area contributed by atoms with E-state index < -0.39 is 10.0 Å². The zero-order valence-electron chi connectivity index (χ0n) is 11.5. The first-order valence-corrected chi connectivity index (χ1v) is 8.56. The third-order valence-electron chi connectivity index (χ3n) is 3.27. The van der Waals surface area contributed by atoms with E-state index in [4.69, 9.17) is 0 Å². The smallest absolute Gasteiger partial charge is 0.224 e. The minimum absolute atomic E-state index is 0.0421. The van der Waals surface area contributed by atoms with Crippen molar-refractivity contribution in [2.75, 3.05) is 19.3 Å². The molecule has 0 unspecified atom stereocenters. The Labute approximate surface area is 119 Å². The highest BCUT2D eigenvalue weighted by atomic mass is 32.2. The highest BCUT2D eigenvalue weighted by molar-refractivity contribution is 7.88. The molecule has 8 heteroatoms. The molecule has 0 bridgehead atoms. The highest BCUT2D eigenvalue weighted by Crippen LogP contribution is 2.12. The van der Waals surface area contributed by atoms with E-state index in [1.807, 2.05) is 12.3 Å². The Balaban J connectivity index is 1.83. The SMILES string of the molecule is CS(=O)(=O)N[C@@H]1CCCN(C(=O)CCn2cccn2)C1. The third kappa shape index (κ3) is 4.61. The van der Waals surface area contributed by atoms with E-state index in [0.29, 0.717) is 26.1 Å². The fraction of sp³-hybridized carbons (Fsp3) is 0.667. The van der Waals surface area contributed by atoms with Crippen molar-refractivity contribution >= 4 is 15.9 Å². The van der Waals surface area contributed by atoms with Gasteiger partial charge < -0.3 is 4.90 Å². The number of rotatable bonds is 5. The normalized spacial score (nSPS) is 20.1. The van der Waals surface area contributed by atoms with Gasteiger partial charge in [0.2, 0.25) is 15.9 Å². The van der Waals surface area contributed by atoms with Crippen molar-refractivity contribution in [1.29, 1.82) is 0 Å². The van der Waals surface area contributed by atoms with Crippen LogP contribution in [0.3, 0.4) is 0 Å². The molecule has 0 spiro atoms. The summed E-state index contributed by atoms with van der Waals surface area (Å²) in [5.41, 5.74) is 0. The van der Waals surface area contributed by atoms with Gasteiger partial charge in [0, 0.05) is 44.5 Å². The molecule has 0 radical (unpaired) electrons. The van der Waals surface area contributed by atoms with E-state index >= 15 is 0 Å². The Morgan fingerprint density at radius 1 is 1.50 bits per heavy atom. The summed E-state index contributed by atoms with van der Waals surface area (Å²) < 4.78 is 26.8. The Hall–Kier alpha value is -1.41. The molecule has 0 saturated carbocycles. The maximum absolute atomic E-state index is 12.1. The van der Waals surface area contributed by atoms with Gasteiger partial charge in [0.15, 0.2) is 0 Å². The van der Waals surface area contributed by atoms with E-state index in [1.165, 1.54) is 0 Å². The molecule has 2 rings (SSSR count). The predicted octanol–water partition coefficient (Wildman–Crippen LogP) is -0.187. The van der Waals surface area contributed by atoms with Crippen molar-refractivity contribution in [2.45, 2.75) is 31.8 Å². The number of carbonyl (C=O) groups excluding carboxylic acids is 1. The summed E-state index contributed by atoms with van der Waals surface area (Å²) in [7, 11) is -3.22. The number of aryl methyl sites for hydroxylation is 1. The summed E-state index contributed by atoms with van der Waals surface area (Å²) in [6.07, 6.45) is 6.62. The van der Waals surface area contributed by atoms with Crippen LogP contribution in [0.4, 0.5) is 0 Å². The molecule has 1 amide bonds. The minimum atomic E-state index is -3.22. The van der Waals surface area contributed by atoms with Gasteiger partial charge in [0.05, 0.1) is 6.26 Å². The second kappa shape index (κ2) is 6.36. The lowest BCUT2D eigenvalue weighted by Gasteiger charge is -2.32. The van der Waals surface area contributed by atoms with E-state index in [1.54, 1.807) is 15.8 Å². The Kier molecular flexibility index (Phi) is 4.77. The third-order valence-corrected chi connectivity index (χ3v) is 4.03. The lowest BCUT2D eigenvalue weighted by Crippen LogP contribution is -2.49. The maximum Gasteiger partial charge on any atom is 0.224 e. The molecule has 1 N–H and O–H groups in total. The van der Waals surface area contributed by atoms with Gasteiger partial charge in [-0.2, -0.15) is 5.10 Å². The molecule has 1 fully saturated rings. The molecule has 112 valence electrons. The number of amides is 1. The number of hydrogen-bond donors (Lipinski definition) is 1. The van der Waals surface area contributed by atoms with Crippen molar-refractivity contribution in [3.8, 4) is 0 Å². The van der Waals surface area contributed by atoms with Crippen molar-refractivity contribution in [1.82, 2.24) is 19.4 Å². The first kappa shape index (κ1) is 15.0. The number of nitrogens with zero attached hydrogens (tertiary/aromatic N) is 3. The fourth-order valence-corrected chi connectivity index (χ4v) is 3.20. The zero-order valence-corrected chi connectivity index (χ0v) is 12.3. The van der Waals surface area contributed by atoms with Crippen LogP contribution in [0, 0.1) is 0 Å². The van der Waals surface area contributed by atoms with Gasteiger partial charge in [-0.15, -0.1) is 0 Å². The first-order valence-electron chi connectivity index (χ1n) is 6.66. The van der Waals surface area contributed by atoms with Crippen LogP contribution in [0.2, 0.25) is 0 Å². The van der Waals surface area contributed by atoms with Crippen LogP contribution in [-0.2, 0) is 21.4 Å². The molecule has 1 aliphatic rings. The van der Waals surface area contributed by atoms with Crippen LogP contribution < -0.4 is 4.72 Å². The number of hydrogen-bond acceptors (Lipinski definition) is 4. The van der Waals surface area contributed by atoms with Crippen LogP contribution in [0.5, 0.6) is 0 Å². The molecule has 1 saturated heterocycles. The molecule has 2 heterocycles. The van der Waals surface area contributed by atoms with Crippen LogP contribution in [0.1, 0.15) is 19.3 Å². The average Bonchev–Trinajstić information content (AvgIpc) is 2.87. The van der Waals surface area contributed by atoms with Gasteiger partial charge in [-0.3, -0.25) is 9.48 Å². The minimum Gasteiger partial charge on any atom is -0.341 e. The number of piperidine rings is 1. The number of sulfonamides is 1. The lowest BCUT2D eigenvalue weighted by atomic mass is 10.1. The van der Waals surface area contributed by atoms with Gasteiger partial charge in [0.1, 0.15) is 0 Å². The van der Waals surface area contributed by atoms with Gasteiger partial charge >= 0.3 is 0 Å². The molecule has 20 heavy (non-hydrogen) atoms. The van der Waals surface area contributed by atoms with Crippen molar-refractivity contribution in [3.05, 3.63) is 18.5 Å². The Morgan fingerprint density at radius 3 is 2.95 bits per heavy atom. The molecule has 1 aromatic heterocycles. The van der Waals surface area contributed by atoms with E-state index in [9.17, 15) is 13.2 Å². The Bertz CT molecular complexity index is 541. The van der Waals surface area contributed by atoms with Crippen molar-refractivity contribution < 1.29 is 13.2 Å². The average molecular weight is 300 g/mol. The van der Waals surface area contributed by atoms with Gasteiger partial charge in [-0.05, 0) is 18.9 Å². The number of aromatic nitrogens is 2. The summed E-state index contributed by atoms with van der Waals surface area (Å²) in [6, 6.07) is 1.64. The summed E-state index contributed by atoms with van der Waals surface area (Å²) in [6.45, 7) is 1.69. The van der Waals surface area contributed by atoms with Crippen molar-refractivity contribution in [3.63, 3.8) is 0 Å². The highest BCUT2D eigenvalue weighted by Gasteiger charge is 2.25. The molecule has 1 aliphatic heterocycles. The van der Waals surface area contributed by atoms with E-state index in [-0.39, 0.29) is 11.9 Å². The summed E-state index contributed by atoms with van der Waals surface area (Å²) in [4.78, 5) is 13.8. The zero-order chi connectivity index (χ0) is 14.6. The van der Waals surface area contributed by atoms with Gasteiger partial charge in [-0.1, -0.05) is 0 Å². The fourth-order valence-electron chi connectivity index (χ4n) is 2.40. The molecule has 0 aromatic carbocycles. The number of nitrogens with one attached hydrogen (secondary N) is 1. The monoisotopic (exact) mass is 300 g/mol. The second-order valence-electron chi connectivity index (χ2n) is 5.09. The molecule has 1 aromatic rings. The second-order valence-corrected chi connectivity index (χ2v) is 6.87.